The Morgan fingerprint density at radius 1 is 0.639 bits per heavy atom. The minimum Gasteiger partial charge on any atom is -0.744 e. The van der Waals surface area contributed by atoms with Crippen LogP contribution in [0.3, 0.4) is 0 Å². The van der Waals surface area contributed by atoms with Gasteiger partial charge in [0.15, 0.2) is 14.7 Å². The molecule has 0 heterocycles. The molecule has 0 radical (unpaired) electrons. The van der Waals surface area contributed by atoms with Crippen LogP contribution < -0.4 is 0 Å². The largest absolute Gasteiger partial charge is 0.744 e. The number of nitro benzene ring substituents is 2. The highest BCUT2D eigenvalue weighted by molar-refractivity contribution is 7.97. The Labute approximate surface area is 210 Å². The summed E-state index contributed by atoms with van der Waals surface area (Å²) in [5.74, 6) is 0. The molecule has 0 N–H and O–H groups in total. The Bertz CT molecular complexity index is 1390. The second-order valence-electron chi connectivity index (χ2n) is 7.40. The van der Waals surface area contributed by atoms with E-state index in [4.69, 9.17) is 0 Å². The highest BCUT2D eigenvalue weighted by Gasteiger charge is 2.27. The van der Waals surface area contributed by atoms with Crippen molar-refractivity contribution in [3.63, 3.8) is 0 Å². The summed E-state index contributed by atoms with van der Waals surface area (Å²) in [5.41, 5.74) is -0.356. The third-order valence-corrected chi connectivity index (χ3v) is 7.84. The summed E-state index contributed by atoms with van der Waals surface area (Å²) < 4.78 is 31.7. The predicted octanol–water partition coefficient (Wildman–Crippen LogP) is 5.50. The van der Waals surface area contributed by atoms with Gasteiger partial charge in [0, 0.05) is 12.1 Å². The number of nitro groups is 2. The van der Waals surface area contributed by atoms with Crippen LogP contribution >= 0.6 is 0 Å². The van der Waals surface area contributed by atoms with Gasteiger partial charge in [0.2, 0.25) is 0 Å². The second kappa shape index (κ2) is 11.6. The third kappa shape index (κ3) is 6.98. The highest BCUT2D eigenvalue weighted by Crippen LogP contribution is 2.31. The Hall–Kier alpha value is -4.06. The lowest BCUT2D eigenvalue weighted by atomic mass is 10.2. The van der Waals surface area contributed by atoms with E-state index in [1.165, 1.54) is 20.2 Å². The van der Waals surface area contributed by atoms with Crippen LogP contribution in [0.4, 0.5) is 11.4 Å². The zero-order valence-electron chi connectivity index (χ0n) is 18.9. The maximum absolute atomic E-state index is 10.6. The number of non-ortho nitro benzene ring substituents is 2. The van der Waals surface area contributed by atoms with Crippen LogP contribution in [0.1, 0.15) is 5.56 Å². The first-order valence-corrected chi connectivity index (χ1v) is 13.0. The molecule has 4 aromatic carbocycles. The summed E-state index contributed by atoms with van der Waals surface area (Å²) in [6.07, 6.45) is 0. The predicted molar refractivity (Wildman–Crippen MR) is 134 cm³/mol. The Kier molecular flexibility index (Phi) is 8.54. The van der Waals surface area contributed by atoms with E-state index in [1.54, 1.807) is 0 Å². The minimum atomic E-state index is -4.97. The molecule has 0 amide bonds. The molecule has 0 bridgehead atoms. The Balaban J connectivity index is 0.000000207. The van der Waals surface area contributed by atoms with Crippen molar-refractivity contribution in [1.82, 2.24) is 0 Å². The van der Waals surface area contributed by atoms with Gasteiger partial charge in [-0.2, -0.15) is 0 Å². The maximum atomic E-state index is 10.6. The summed E-state index contributed by atoms with van der Waals surface area (Å²) in [6, 6.07) is 31.9. The van der Waals surface area contributed by atoms with E-state index in [1.807, 2.05) is 0 Å². The zero-order valence-corrected chi connectivity index (χ0v) is 20.5. The van der Waals surface area contributed by atoms with Gasteiger partial charge in [0.05, 0.1) is 31.7 Å². The van der Waals surface area contributed by atoms with Gasteiger partial charge < -0.3 is 4.55 Å². The van der Waals surface area contributed by atoms with Crippen LogP contribution in [0.2, 0.25) is 0 Å². The van der Waals surface area contributed by atoms with E-state index < -0.39 is 36.2 Å². The molecule has 36 heavy (non-hydrogen) atoms. The van der Waals surface area contributed by atoms with Crippen LogP contribution in [0.5, 0.6) is 0 Å². The van der Waals surface area contributed by atoms with E-state index >= 15 is 0 Å². The summed E-state index contributed by atoms with van der Waals surface area (Å²) in [6.45, 7) is 2.13. The lowest BCUT2D eigenvalue weighted by Crippen LogP contribution is -2.04. The molecule has 0 aliphatic rings. The van der Waals surface area contributed by atoms with E-state index in [0.29, 0.717) is 18.2 Å². The number of aryl methyl sites for hydroxylation is 1. The fourth-order valence-electron chi connectivity index (χ4n) is 3.12. The summed E-state index contributed by atoms with van der Waals surface area (Å²) in [5, 5.41) is 20.7. The van der Waals surface area contributed by atoms with Crippen molar-refractivity contribution in [1.29, 1.82) is 0 Å². The molecule has 4 aromatic rings. The summed E-state index contributed by atoms with van der Waals surface area (Å²) in [7, 11) is -5.00. The normalized spacial score (nSPS) is 10.9. The Morgan fingerprint density at radius 3 is 1.39 bits per heavy atom. The lowest BCUT2D eigenvalue weighted by molar-refractivity contribution is -0.394. The van der Waals surface area contributed by atoms with Gasteiger partial charge in [-0.1, -0.05) is 54.1 Å². The average molecular weight is 525 g/mol. The monoisotopic (exact) mass is 524 g/mol. The molecule has 0 spiro atoms. The van der Waals surface area contributed by atoms with Crippen LogP contribution in [0, 0.1) is 27.2 Å². The van der Waals surface area contributed by atoms with E-state index in [9.17, 15) is 33.2 Å². The molecule has 4 rings (SSSR count). The number of nitrogens with zero attached hydrogens (tertiary/aromatic N) is 2. The zero-order chi connectivity index (χ0) is 26.3. The standard InChI is InChI=1S/C19H17S.C6H4N2O7S/c1-16-12-14-19(15-13-16)20(17-8-4-2-5-9-17)18-10-6-3-7-11-18;9-7(10)4-1-5(8(11)12)3-6(2-4)16(13,14)15/h2-15H,1H3;1-3H,(H,13,14,15)/q+1;/p-1. The SMILES string of the molecule is Cc1ccc([S+](c2ccccc2)c2ccccc2)cc1.O=[N+]([O-])c1cc([N+](=O)[O-])cc(S(=O)(=O)[O-])c1. The Morgan fingerprint density at radius 2 is 1.03 bits per heavy atom. The molecule has 0 unspecified atom stereocenters. The summed E-state index contributed by atoms with van der Waals surface area (Å²) in [4.78, 5) is 21.7. The van der Waals surface area contributed by atoms with Crippen molar-refractivity contribution < 1.29 is 22.8 Å². The fourth-order valence-corrected chi connectivity index (χ4v) is 5.73. The van der Waals surface area contributed by atoms with Crippen molar-refractivity contribution >= 4 is 32.4 Å². The number of hydrogen-bond acceptors (Lipinski definition) is 7. The van der Waals surface area contributed by atoms with Gasteiger partial charge in [-0.05, 0) is 43.3 Å². The molecule has 0 atom stereocenters. The van der Waals surface area contributed by atoms with E-state index in [2.05, 4.69) is 91.9 Å². The minimum absolute atomic E-state index is 0.0229. The van der Waals surface area contributed by atoms with Crippen LogP contribution in [-0.2, 0) is 21.0 Å². The molecule has 0 aromatic heterocycles. The van der Waals surface area contributed by atoms with Crippen molar-refractivity contribution in [2.24, 2.45) is 0 Å². The maximum Gasteiger partial charge on any atom is 0.277 e. The van der Waals surface area contributed by atoms with Crippen LogP contribution in [0.25, 0.3) is 0 Å². The van der Waals surface area contributed by atoms with Crippen molar-refractivity contribution in [3.05, 3.63) is 129 Å². The van der Waals surface area contributed by atoms with Crippen LogP contribution in [-0.4, -0.2) is 22.8 Å². The van der Waals surface area contributed by atoms with Gasteiger partial charge in [-0.25, -0.2) is 8.42 Å². The first kappa shape index (κ1) is 26.5. The van der Waals surface area contributed by atoms with Gasteiger partial charge in [0.1, 0.15) is 10.1 Å². The van der Waals surface area contributed by atoms with Gasteiger partial charge >= 0.3 is 0 Å². The van der Waals surface area contributed by atoms with E-state index in [-0.39, 0.29) is 10.9 Å². The first-order chi connectivity index (χ1) is 17.1. The van der Waals surface area contributed by atoms with Crippen molar-refractivity contribution in [2.75, 3.05) is 0 Å². The second-order valence-corrected chi connectivity index (χ2v) is 10.8. The molecule has 0 fully saturated rings. The molecular weight excluding hydrogens is 504 g/mol. The van der Waals surface area contributed by atoms with E-state index in [0.717, 1.165) is 0 Å². The molecule has 9 nitrogen and oxygen atoms in total. The topological polar surface area (TPSA) is 143 Å². The molecular formula is C25H20N2O7S2. The van der Waals surface area contributed by atoms with Crippen molar-refractivity contribution in [3.8, 4) is 0 Å². The highest BCUT2D eigenvalue weighted by atomic mass is 32.2. The third-order valence-electron chi connectivity index (χ3n) is 4.80. The molecule has 11 heteroatoms. The first-order valence-electron chi connectivity index (χ1n) is 10.4. The number of benzene rings is 4. The smallest absolute Gasteiger partial charge is 0.277 e. The number of rotatable bonds is 6. The summed E-state index contributed by atoms with van der Waals surface area (Å²) >= 11 is 0. The quantitative estimate of drug-likeness (QED) is 0.140. The van der Waals surface area contributed by atoms with Crippen LogP contribution in [0.15, 0.2) is 123 Å². The molecule has 184 valence electrons. The lowest BCUT2D eigenvalue weighted by Gasteiger charge is -2.07. The molecule has 0 saturated carbocycles. The van der Waals surface area contributed by atoms with Gasteiger partial charge in [0.25, 0.3) is 11.4 Å². The fraction of sp³-hybridized carbons (Fsp3) is 0.0400. The number of hydrogen-bond donors (Lipinski definition) is 0. The molecule has 0 aliphatic carbocycles. The molecule has 0 aliphatic heterocycles. The van der Waals surface area contributed by atoms with Gasteiger partial charge in [-0.3, -0.25) is 20.2 Å². The van der Waals surface area contributed by atoms with Gasteiger partial charge in [-0.15, -0.1) is 0 Å². The average Bonchev–Trinajstić information content (AvgIpc) is 2.86. The van der Waals surface area contributed by atoms with Crippen molar-refractivity contribution in [2.45, 2.75) is 26.5 Å². The molecule has 0 saturated heterocycles.